The topological polar surface area (TPSA) is 63.9 Å². The molecule has 0 bridgehead atoms. The molecular formula is C104H81BN6. The van der Waals surface area contributed by atoms with E-state index < -0.39 is 5.41 Å². The molecule has 15 aromatic carbocycles. The van der Waals surface area contributed by atoms with Crippen molar-refractivity contribution in [2.45, 2.75) is 78.6 Å². The second-order valence-electron chi connectivity index (χ2n) is 33.1. The van der Waals surface area contributed by atoms with Crippen molar-refractivity contribution >= 4 is 101 Å². The molecule has 530 valence electrons. The van der Waals surface area contributed by atoms with Gasteiger partial charge in [-0.15, -0.1) is 0 Å². The highest BCUT2D eigenvalue weighted by Gasteiger charge is 2.47. The van der Waals surface area contributed by atoms with E-state index in [1.807, 2.05) is 24.3 Å². The van der Waals surface area contributed by atoms with Gasteiger partial charge in [-0.1, -0.05) is 293 Å². The number of aromatic nitrogens is 2. The van der Waals surface area contributed by atoms with Crippen LogP contribution in [0, 0.1) is 22.7 Å². The van der Waals surface area contributed by atoms with Crippen molar-refractivity contribution in [2.24, 2.45) is 0 Å². The summed E-state index contributed by atoms with van der Waals surface area (Å²) in [4.78, 5) is 5.34. The van der Waals surface area contributed by atoms with Crippen LogP contribution in [0.1, 0.15) is 90.1 Å². The first kappa shape index (κ1) is 68.1. The normalized spacial score (nSPS) is 12.7. The van der Waals surface area contributed by atoms with E-state index in [0.717, 1.165) is 156 Å². The molecule has 0 N–H and O–H groups in total. The lowest BCUT2D eigenvalue weighted by atomic mass is 9.33. The van der Waals surface area contributed by atoms with Gasteiger partial charge < -0.3 is 18.9 Å². The van der Waals surface area contributed by atoms with Crippen LogP contribution in [0.4, 0.5) is 34.1 Å². The maximum absolute atomic E-state index is 11.1. The quantitative estimate of drug-likeness (QED) is 0.128. The van der Waals surface area contributed by atoms with Crippen molar-refractivity contribution < 1.29 is 0 Å². The maximum atomic E-state index is 11.1. The second-order valence-corrected chi connectivity index (χ2v) is 33.1. The molecule has 17 aromatic rings. The predicted molar refractivity (Wildman–Crippen MR) is 467 cm³/mol. The van der Waals surface area contributed by atoms with Crippen LogP contribution in [-0.2, 0) is 16.2 Å². The minimum Gasteiger partial charge on any atom is -0.310 e. The van der Waals surface area contributed by atoms with Crippen molar-refractivity contribution in [3.05, 3.63) is 355 Å². The van der Waals surface area contributed by atoms with E-state index in [2.05, 4.69) is 397 Å². The summed E-state index contributed by atoms with van der Waals surface area (Å²) in [6, 6.07) is 126. The molecule has 0 saturated carbocycles. The molecular weight excluding hydrogens is 1340 g/mol. The first-order chi connectivity index (χ1) is 53.9. The SMILES string of the molecule is CC(C)(C)c1cccc(-c2cc(-c3ccccc3C#N)cc(-c3ccccc3)c2N2c3cc(-n4c5ccccc5c5ccccc54)ccc3B3c4ccc(-n5c6ccccc6c6ccccc65)cc4N(c4c(-c5ccccc5)cc(-c5ccccc5C#N)cc4-c4cccc(C(C)(C)C)c4)c4cc(C(C)(C)C)cc2c43)c1. The summed E-state index contributed by atoms with van der Waals surface area (Å²) < 4.78 is 4.94. The molecule has 0 atom stereocenters. The van der Waals surface area contributed by atoms with E-state index in [0.29, 0.717) is 11.1 Å². The van der Waals surface area contributed by atoms with Crippen LogP contribution in [0.25, 0.3) is 122 Å². The minimum absolute atomic E-state index is 0.202. The van der Waals surface area contributed by atoms with Gasteiger partial charge in [0, 0.05) is 77.9 Å². The fourth-order valence-electron chi connectivity index (χ4n) is 17.7. The largest absolute Gasteiger partial charge is 0.310 e. The third-order valence-electron chi connectivity index (χ3n) is 23.2. The van der Waals surface area contributed by atoms with Gasteiger partial charge in [0.1, 0.15) is 0 Å². The molecule has 6 nitrogen and oxygen atoms in total. The van der Waals surface area contributed by atoms with Crippen LogP contribution in [0.3, 0.4) is 0 Å². The molecule has 2 aromatic heterocycles. The summed E-state index contributed by atoms with van der Waals surface area (Å²) in [6.45, 7) is 20.5. The summed E-state index contributed by atoms with van der Waals surface area (Å²) in [7, 11) is 0. The smallest absolute Gasteiger partial charge is 0.252 e. The number of rotatable bonds is 10. The van der Waals surface area contributed by atoms with E-state index >= 15 is 0 Å². The number of benzene rings is 15. The average Bonchev–Trinajstić information content (AvgIpc) is 1.23. The van der Waals surface area contributed by atoms with Crippen molar-refractivity contribution in [1.29, 1.82) is 10.5 Å². The van der Waals surface area contributed by atoms with Crippen LogP contribution in [-0.4, -0.2) is 15.8 Å². The second kappa shape index (κ2) is 26.2. The lowest BCUT2D eigenvalue weighted by Gasteiger charge is -2.46. The molecule has 0 spiro atoms. The molecule has 0 unspecified atom stereocenters. The Morgan fingerprint density at radius 3 is 0.946 bits per heavy atom. The number of fused-ring (bicyclic) bond motifs is 10. The number of hydrogen-bond acceptors (Lipinski definition) is 4. The van der Waals surface area contributed by atoms with Gasteiger partial charge in [-0.25, -0.2) is 0 Å². The standard InChI is InChI=1S/C104H81BN6/c1-102(2,3)74-38-28-36-68(54-74)87-58-72(79-40-18-16-34-70(79)64-106)56-85(66-30-12-10-13-31-66)100(87)110-95-62-77(108-91-46-24-20-42-81(91)82-43-21-25-47-92(82)108)50-52-89(95)105-90-53-51-78(109-93-48-26-22-44-83(93)84-45-23-27-49-94(84)109)63-96(90)111(98-61-76(104(7,8)9)60-97(110)99(98)105)101-86(67-32-14-11-15-33-67)57-73(80-41-19-17-35-71(80)65-107)59-88(101)69-37-29-39-75(55-69)103(4,5)6/h10-63H,1-9H3. The molecule has 2 aliphatic heterocycles. The van der Waals surface area contributed by atoms with Gasteiger partial charge in [-0.3, -0.25) is 0 Å². The predicted octanol–water partition coefficient (Wildman–Crippen LogP) is 25.6. The first-order valence-electron chi connectivity index (χ1n) is 38.6. The zero-order valence-corrected chi connectivity index (χ0v) is 63.9. The average molecular weight is 1430 g/mol. The monoisotopic (exact) mass is 1420 g/mol. The van der Waals surface area contributed by atoms with Crippen molar-refractivity contribution in [3.8, 4) is 90.3 Å². The molecule has 2 aliphatic rings. The van der Waals surface area contributed by atoms with E-state index in [-0.39, 0.29) is 17.5 Å². The molecule has 7 heteroatoms. The third-order valence-corrected chi connectivity index (χ3v) is 23.2. The van der Waals surface area contributed by atoms with Gasteiger partial charge in [0.25, 0.3) is 6.71 Å². The summed E-state index contributed by atoms with van der Waals surface area (Å²) in [5.41, 5.74) is 32.2. The van der Waals surface area contributed by atoms with Crippen LogP contribution >= 0.6 is 0 Å². The molecule has 0 amide bonds. The molecule has 19 rings (SSSR count). The Morgan fingerprint density at radius 1 is 0.261 bits per heavy atom. The maximum Gasteiger partial charge on any atom is 0.252 e. The fraction of sp³-hybridized carbons (Fsp3) is 0.115. The summed E-state index contributed by atoms with van der Waals surface area (Å²) in [5.74, 6) is 0. The molecule has 0 aliphatic carbocycles. The van der Waals surface area contributed by atoms with Crippen LogP contribution in [0.2, 0.25) is 0 Å². The Labute approximate surface area is 650 Å². The van der Waals surface area contributed by atoms with E-state index in [4.69, 9.17) is 0 Å². The Kier molecular flexibility index (Phi) is 16.1. The number of hydrogen-bond donors (Lipinski definition) is 0. The van der Waals surface area contributed by atoms with E-state index in [1.165, 1.54) is 32.7 Å². The highest BCUT2D eigenvalue weighted by Crippen LogP contribution is 2.56. The zero-order chi connectivity index (χ0) is 75.8. The van der Waals surface area contributed by atoms with Crippen LogP contribution < -0.4 is 26.2 Å². The summed E-state index contributed by atoms with van der Waals surface area (Å²) >= 11 is 0. The highest BCUT2D eigenvalue weighted by molar-refractivity contribution is 7.00. The van der Waals surface area contributed by atoms with Crippen molar-refractivity contribution in [1.82, 2.24) is 9.13 Å². The number of para-hydroxylation sites is 4. The van der Waals surface area contributed by atoms with Gasteiger partial charge in [0.2, 0.25) is 0 Å². The minimum atomic E-state index is -0.428. The Morgan fingerprint density at radius 2 is 0.586 bits per heavy atom. The lowest BCUT2D eigenvalue weighted by molar-refractivity contribution is 0.590. The van der Waals surface area contributed by atoms with Gasteiger partial charge in [0.15, 0.2) is 0 Å². The number of nitrogens with zero attached hydrogens (tertiary/aromatic N) is 6. The number of anilines is 6. The van der Waals surface area contributed by atoms with Gasteiger partial charge >= 0.3 is 0 Å². The highest BCUT2D eigenvalue weighted by atomic mass is 15.2. The Hall–Kier alpha value is -13.5. The Bertz CT molecular complexity index is 6250. The van der Waals surface area contributed by atoms with Crippen LogP contribution in [0.15, 0.2) is 328 Å². The molecule has 4 heterocycles. The molecule has 0 saturated heterocycles. The molecule has 0 radical (unpaired) electrons. The first-order valence-corrected chi connectivity index (χ1v) is 38.6. The van der Waals surface area contributed by atoms with Gasteiger partial charge in [-0.05, 0) is 191 Å². The Balaban J connectivity index is 1.02. The van der Waals surface area contributed by atoms with Gasteiger partial charge in [0.05, 0.1) is 56.7 Å². The van der Waals surface area contributed by atoms with Crippen LogP contribution in [0.5, 0.6) is 0 Å². The summed E-state index contributed by atoms with van der Waals surface area (Å²) in [6.07, 6.45) is 0. The fourth-order valence-corrected chi connectivity index (χ4v) is 17.7. The number of nitriles is 2. The third kappa shape index (κ3) is 11.3. The molecule has 0 fully saturated rings. The van der Waals surface area contributed by atoms with Gasteiger partial charge in [-0.2, -0.15) is 10.5 Å². The lowest BCUT2D eigenvalue weighted by Crippen LogP contribution is -2.61. The van der Waals surface area contributed by atoms with Crippen molar-refractivity contribution in [2.75, 3.05) is 9.80 Å². The van der Waals surface area contributed by atoms with Crippen molar-refractivity contribution in [3.63, 3.8) is 0 Å². The summed E-state index contributed by atoms with van der Waals surface area (Å²) in [5, 5.41) is 27.0. The van der Waals surface area contributed by atoms with E-state index in [9.17, 15) is 10.5 Å². The zero-order valence-electron chi connectivity index (χ0n) is 63.9. The van der Waals surface area contributed by atoms with E-state index in [1.54, 1.807) is 0 Å². The molecule has 111 heavy (non-hydrogen) atoms.